The number of hydrogen-bond acceptors (Lipinski definition) is 3. The number of carbonyl (C=O) groups excluding carboxylic acids is 1. The molecule has 2 rings (SSSR count). The lowest BCUT2D eigenvalue weighted by Crippen LogP contribution is -2.35. The Balaban J connectivity index is 2.20. The minimum atomic E-state index is -0.417. The van der Waals surface area contributed by atoms with E-state index in [1.165, 1.54) is 0 Å². The summed E-state index contributed by atoms with van der Waals surface area (Å²) in [7, 11) is 0. The van der Waals surface area contributed by atoms with Crippen LogP contribution >= 0.6 is 0 Å². The second-order valence-corrected chi connectivity index (χ2v) is 5.06. The van der Waals surface area contributed by atoms with Gasteiger partial charge in [0.25, 0.3) is 0 Å². The van der Waals surface area contributed by atoms with Crippen LogP contribution in [0.25, 0.3) is 0 Å². The van der Waals surface area contributed by atoms with E-state index >= 15 is 0 Å². The third-order valence-corrected chi connectivity index (χ3v) is 3.46. The molecule has 18 heavy (non-hydrogen) atoms. The Morgan fingerprint density at radius 2 is 2.06 bits per heavy atom. The first-order valence-corrected chi connectivity index (χ1v) is 6.54. The van der Waals surface area contributed by atoms with Crippen LogP contribution in [0, 0.1) is 6.92 Å². The van der Waals surface area contributed by atoms with E-state index in [1.54, 1.807) is 6.92 Å². The maximum atomic E-state index is 11.6. The molecule has 1 N–H and O–H groups in total. The van der Waals surface area contributed by atoms with Crippen LogP contribution in [0.1, 0.15) is 48.5 Å². The highest BCUT2D eigenvalue weighted by molar-refractivity contribution is 5.97. The molecule has 1 saturated carbocycles. The van der Waals surface area contributed by atoms with E-state index < -0.39 is 6.10 Å². The van der Waals surface area contributed by atoms with Gasteiger partial charge in [-0.25, -0.2) is 0 Å². The molecule has 1 aliphatic carbocycles. The molecule has 98 valence electrons. The second-order valence-electron chi connectivity index (χ2n) is 5.06. The van der Waals surface area contributed by atoms with Gasteiger partial charge in [-0.3, -0.25) is 4.79 Å². The Bertz CT molecular complexity index is 439. The van der Waals surface area contributed by atoms with E-state index in [4.69, 9.17) is 4.74 Å². The molecule has 0 aromatic heterocycles. The van der Waals surface area contributed by atoms with E-state index in [1.807, 2.05) is 25.1 Å². The molecular weight excluding hydrogens is 228 g/mol. The smallest absolute Gasteiger partial charge is 0.163 e. The second kappa shape index (κ2) is 5.53. The molecule has 0 bridgehead atoms. The van der Waals surface area contributed by atoms with Crippen molar-refractivity contribution in [3.63, 3.8) is 0 Å². The van der Waals surface area contributed by atoms with E-state index in [-0.39, 0.29) is 11.9 Å². The molecule has 0 radical (unpaired) electrons. The fraction of sp³-hybridized carbons (Fsp3) is 0.533. The number of aliphatic hydroxyl groups is 1. The zero-order valence-electron chi connectivity index (χ0n) is 11.0. The molecule has 0 spiro atoms. The van der Waals surface area contributed by atoms with Crippen LogP contribution in [0.3, 0.4) is 0 Å². The quantitative estimate of drug-likeness (QED) is 0.837. The molecule has 0 heterocycles. The van der Waals surface area contributed by atoms with Crippen LogP contribution in [0.2, 0.25) is 0 Å². The maximum absolute atomic E-state index is 11.6. The van der Waals surface area contributed by atoms with E-state index in [2.05, 4.69) is 0 Å². The highest BCUT2D eigenvalue weighted by Crippen LogP contribution is 2.27. The van der Waals surface area contributed by atoms with Gasteiger partial charge in [0.2, 0.25) is 0 Å². The number of aryl methyl sites for hydroxylation is 1. The van der Waals surface area contributed by atoms with Gasteiger partial charge in [0.05, 0.1) is 11.7 Å². The average molecular weight is 248 g/mol. The van der Waals surface area contributed by atoms with E-state index in [0.29, 0.717) is 11.3 Å². The monoisotopic (exact) mass is 248 g/mol. The minimum Gasteiger partial charge on any atom is -0.487 e. The lowest BCUT2D eigenvalue weighted by atomic mass is 9.94. The van der Waals surface area contributed by atoms with Gasteiger partial charge in [0.1, 0.15) is 11.9 Å². The van der Waals surface area contributed by atoms with Crippen molar-refractivity contribution in [3.8, 4) is 5.75 Å². The Morgan fingerprint density at radius 3 is 2.72 bits per heavy atom. The first kappa shape index (κ1) is 13.1. The maximum Gasteiger partial charge on any atom is 0.163 e. The summed E-state index contributed by atoms with van der Waals surface area (Å²) < 4.78 is 5.84. The molecule has 3 heteroatoms. The van der Waals surface area contributed by atoms with Crippen LogP contribution in [-0.4, -0.2) is 23.1 Å². The summed E-state index contributed by atoms with van der Waals surface area (Å²) >= 11 is 0. The van der Waals surface area contributed by atoms with Crippen LogP contribution in [-0.2, 0) is 0 Å². The SMILES string of the molecule is CC(=O)c1cc(C)ccc1OC1CCCCC1O. The van der Waals surface area contributed by atoms with Crippen LogP contribution in [0.4, 0.5) is 0 Å². The van der Waals surface area contributed by atoms with Gasteiger partial charge in [-0.2, -0.15) is 0 Å². The number of carbonyl (C=O) groups is 1. The van der Waals surface area contributed by atoms with Crippen molar-refractivity contribution in [1.29, 1.82) is 0 Å². The number of hydrogen-bond donors (Lipinski definition) is 1. The van der Waals surface area contributed by atoms with Gasteiger partial charge >= 0.3 is 0 Å². The Hall–Kier alpha value is -1.35. The molecule has 1 aliphatic rings. The van der Waals surface area contributed by atoms with Crippen LogP contribution in [0.5, 0.6) is 5.75 Å². The van der Waals surface area contributed by atoms with Crippen molar-refractivity contribution in [2.24, 2.45) is 0 Å². The molecule has 1 fully saturated rings. The molecule has 0 saturated heterocycles. The van der Waals surface area contributed by atoms with Crippen molar-refractivity contribution >= 4 is 5.78 Å². The van der Waals surface area contributed by atoms with Crippen molar-refractivity contribution < 1.29 is 14.6 Å². The Labute approximate surface area is 108 Å². The molecule has 0 aliphatic heterocycles. The normalized spacial score (nSPS) is 23.7. The standard InChI is InChI=1S/C15H20O3/c1-10-7-8-14(12(9-10)11(2)16)18-15-6-4-3-5-13(15)17/h7-9,13,15,17H,3-6H2,1-2H3. The van der Waals surface area contributed by atoms with Crippen LogP contribution in [0.15, 0.2) is 18.2 Å². The summed E-state index contributed by atoms with van der Waals surface area (Å²) in [6, 6.07) is 5.59. The molecule has 2 atom stereocenters. The number of benzene rings is 1. The van der Waals surface area contributed by atoms with E-state index in [0.717, 1.165) is 31.2 Å². The number of Topliss-reactive ketones (excluding diaryl/α,β-unsaturated/α-hetero) is 1. The summed E-state index contributed by atoms with van der Waals surface area (Å²) in [6.07, 6.45) is 3.16. The first-order chi connectivity index (χ1) is 8.58. The van der Waals surface area contributed by atoms with Crippen molar-refractivity contribution in [1.82, 2.24) is 0 Å². The molecule has 0 amide bonds. The largest absolute Gasteiger partial charge is 0.487 e. The summed E-state index contributed by atoms with van der Waals surface area (Å²) in [5.41, 5.74) is 1.64. The number of aliphatic hydroxyl groups excluding tert-OH is 1. The lowest BCUT2D eigenvalue weighted by molar-refractivity contribution is 0.00647. The van der Waals surface area contributed by atoms with Gasteiger partial charge < -0.3 is 9.84 Å². The third-order valence-electron chi connectivity index (χ3n) is 3.46. The van der Waals surface area contributed by atoms with Gasteiger partial charge in [0, 0.05) is 0 Å². The van der Waals surface area contributed by atoms with Gasteiger partial charge in [0.15, 0.2) is 5.78 Å². The lowest BCUT2D eigenvalue weighted by Gasteiger charge is -2.28. The minimum absolute atomic E-state index is 0.000927. The first-order valence-electron chi connectivity index (χ1n) is 6.54. The summed E-state index contributed by atoms with van der Waals surface area (Å²) in [4.78, 5) is 11.6. The predicted molar refractivity (Wildman–Crippen MR) is 70.1 cm³/mol. The van der Waals surface area contributed by atoms with Crippen molar-refractivity contribution in [3.05, 3.63) is 29.3 Å². The molecule has 1 aromatic carbocycles. The fourth-order valence-corrected chi connectivity index (χ4v) is 2.40. The number of rotatable bonds is 3. The number of ketones is 1. The third kappa shape index (κ3) is 2.91. The topological polar surface area (TPSA) is 46.5 Å². The van der Waals surface area contributed by atoms with Gasteiger partial charge in [-0.1, -0.05) is 18.1 Å². The van der Waals surface area contributed by atoms with Crippen LogP contribution < -0.4 is 4.74 Å². The summed E-state index contributed by atoms with van der Waals surface area (Å²) in [5, 5.41) is 9.90. The van der Waals surface area contributed by atoms with Gasteiger partial charge in [-0.05, 0) is 45.2 Å². The van der Waals surface area contributed by atoms with Gasteiger partial charge in [-0.15, -0.1) is 0 Å². The zero-order chi connectivity index (χ0) is 13.1. The predicted octanol–water partition coefficient (Wildman–Crippen LogP) is 2.88. The number of ether oxygens (including phenoxy) is 1. The Morgan fingerprint density at radius 1 is 1.33 bits per heavy atom. The molecule has 3 nitrogen and oxygen atoms in total. The van der Waals surface area contributed by atoms with E-state index in [9.17, 15) is 9.90 Å². The zero-order valence-corrected chi connectivity index (χ0v) is 11.0. The highest BCUT2D eigenvalue weighted by atomic mass is 16.5. The molecular formula is C15H20O3. The molecule has 1 aromatic rings. The summed E-state index contributed by atoms with van der Waals surface area (Å²) in [5.74, 6) is 0.595. The Kier molecular flexibility index (Phi) is 4.02. The highest BCUT2D eigenvalue weighted by Gasteiger charge is 2.25. The van der Waals surface area contributed by atoms with Crippen molar-refractivity contribution in [2.75, 3.05) is 0 Å². The average Bonchev–Trinajstić information content (AvgIpc) is 2.34. The molecule has 2 unspecified atom stereocenters. The fourth-order valence-electron chi connectivity index (χ4n) is 2.40. The van der Waals surface area contributed by atoms with Crippen molar-refractivity contribution in [2.45, 2.75) is 51.7 Å². The summed E-state index contributed by atoms with van der Waals surface area (Å²) in [6.45, 7) is 3.49.